The Bertz CT molecular complexity index is 230. The molecule has 0 amide bonds. The van der Waals surface area contributed by atoms with Crippen molar-refractivity contribution in [2.75, 3.05) is 13.1 Å². The van der Waals surface area contributed by atoms with E-state index in [0.717, 1.165) is 29.7 Å². The zero-order valence-electron chi connectivity index (χ0n) is 12.3. The third kappa shape index (κ3) is 3.24. The van der Waals surface area contributed by atoms with Crippen LogP contribution in [0.3, 0.4) is 0 Å². The standard InChI is InChI=1S/C16H31N/c1-12(2)10-14-8-9-17(15-6-5-7-15)11-16(14)13(3)4/h12-16H,5-11H2,1-4H3/t14-,16+/m0/s1. The maximum atomic E-state index is 2.81. The highest BCUT2D eigenvalue weighted by Crippen LogP contribution is 2.37. The van der Waals surface area contributed by atoms with Crippen molar-refractivity contribution < 1.29 is 0 Å². The van der Waals surface area contributed by atoms with Gasteiger partial charge in [0.1, 0.15) is 0 Å². The first-order valence-corrected chi connectivity index (χ1v) is 7.82. The van der Waals surface area contributed by atoms with Crippen LogP contribution < -0.4 is 0 Å². The first kappa shape index (κ1) is 13.4. The van der Waals surface area contributed by atoms with E-state index in [1.54, 1.807) is 0 Å². The van der Waals surface area contributed by atoms with Crippen LogP contribution in [0.5, 0.6) is 0 Å². The highest BCUT2D eigenvalue weighted by atomic mass is 15.2. The molecule has 0 aromatic rings. The van der Waals surface area contributed by atoms with Crippen LogP contribution in [-0.2, 0) is 0 Å². The second-order valence-electron chi connectivity index (χ2n) is 7.17. The summed E-state index contributed by atoms with van der Waals surface area (Å²) >= 11 is 0. The largest absolute Gasteiger partial charge is 0.300 e. The number of piperidine rings is 1. The van der Waals surface area contributed by atoms with Gasteiger partial charge in [-0.15, -0.1) is 0 Å². The average molecular weight is 237 g/mol. The minimum absolute atomic E-state index is 0.863. The smallest absolute Gasteiger partial charge is 0.00953 e. The molecule has 0 aromatic carbocycles. The van der Waals surface area contributed by atoms with Crippen molar-refractivity contribution in [3.8, 4) is 0 Å². The summed E-state index contributed by atoms with van der Waals surface area (Å²) in [5, 5.41) is 0. The van der Waals surface area contributed by atoms with Crippen molar-refractivity contribution in [2.45, 2.75) is 65.8 Å². The maximum absolute atomic E-state index is 2.81. The van der Waals surface area contributed by atoms with Gasteiger partial charge in [0.05, 0.1) is 0 Å². The van der Waals surface area contributed by atoms with Gasteiger partial charge in [0.15, 0.2) is 0 Å². The molecule has 1 heterocycles. The molecule has 1 saturated carbocycles. The van der Waals surface area contributed by atoms with Crippen molar-refractivity contribution in [1.29, 1.82) is 0 Å². The van der Waals surface area contributed by atoms with Gasteiger partial charge in [-0.3, -0.25) is 0 Å². The summed E-state index contributed by atoms with van der Waals surface area (Å²) in [6, 6.07) is 0.955. The van der Waals surface area contributed by atoms with E-state index in [2.05, 4.69) is 32.6 Å². The summed E-state index contributed by atoms with van der Waals surface area (Å²) in [6.07, 6.45) is 7.32. The van der Waals surface area contributed by atoms with Crippen molar-refractivity contribution in [3.05, 3.63) is 0 Å². The van der Waals surface area contributed by atoms with E-state index in [1.165, 1.54) is 45.2 Å². The first-order chi connectivity index (χ1) is 8.08. The molecule has 2 atom stereocenters. The van der Waals surface area contributed by atoms with Gasteiger partial charge in [0.2, 0.25) is 0 Å². The van der Waals surface area contributed by atoms with Crippen molar-refractivity contribution in [2.24, 2.45) is 23.7 Å². The molecule has 1 nitrogen and oxygen atoms in total. The van der Waals surface area contributed by atoms with E-state index < -0.39 is 0 Å². The van der Waals surface area contributed by atoms with Gasteiger partial charge in [-0.2, -0.15) is 0 Å². The first-order valence-electron chi connectivity index (χ1n) is 7.82. The van der Waals surface area contributed by atoms with Crippen LogP contribution in [0.2, 0.25) is 0 Å². The normalized spacial score (nSPS) is 32.1. The topological polar surface area (TPSA) is 3.24 Å². The Labute approximate surface area is 108 Å². The molecule has 0 unspecified atom stereocenters. The van der Waals surface area contributed by atoms with Gasteiger partial charge < -0.3 is 4.90 Å². The second-order valence-corrected chi connectivity index (χ2v) is 7.17. The van der Waals surface area contributed by atoms with Crippen LogP contribution in [-0.4, -0.2) is 24.0 Å². The van der Waals surface area contributed by atoms with Crippen LogP contribution in [0.1, 0.15) is 59.8 Å². The van der Waals surface area contributed by atoms with Gasteiger partial charge in [0, 0.05) is 12.6 Å². The summed E-state index contributed by atoms with van der Waals surface area (Å²) in [5.41, 5.74) is 0. The van der Waals surface area contributed by atoms with E-state index in [1.807, 2.05) is 0 Å². The zero-order chi connectivity index (χ0) is 12.4. The second kappa shape index (κ2) is 5.73. The fourth-order valence-corrected chi connectivity index (χ4v) is 3.79. The maximum Gasteiger partial charge on any atom is 0.00953 e. The Hall–Kier alpha value is -0.0400. The van der Waals surface area contributed by atoms with Crippen LogP contribution in [0, 0.1) is 23.7 Å². The third-order valence-electron chi connectivity index (χ3n) is 5.06. The molecular weight excluding hydrogens is 206 g/mol. The summed E-state index contributed by atoms with van der Waals surface area (Å²) in [4.78, 5) is 2.81. The molecule has 0 spiro atoms. The van der Waals surface area contributed by atoms with Crippen LogP contribution in [0.4, 0.5) is 0 Å². The van der Waals surface area contributed by atoms with Crippen LogP contribution in [0.25, 0.3) is 0 Å². The molecule has 1 saturated heterocycles. The monoisotopic (exact) mass is 237 g/mol. The van der Waals surface area contributed by atoms with E-state index >= 15 is 0 Å². The van der Waals surface area contributed by atoms with Crippen molar-refractivity contribution in [3.63, 3.8) is 0 Å². The van der Waals surface area contributed by atoms with Gasteiger partial charge >= 0.3 is 0 Å². The molecular formula is C16H31N. The summed E-state index contributed by atoms with van der Waals surface area (Å²) in [7, 11) is 0. The highest BCUT2D eigenvalue weighted by Gasteiger charge is 2.35. The Balaban J connectivity index is 1.92. The summed E-state index contributed by atoms with van der Waals surface area (Å²) < 4.78 is 0. The molecule has 1 aliphatic carbocycles. The summed E-state index contributed by atoms with van der Waals surface area (Å²) in [6.45, 7) is 12.4. The molecule has 1 heteroatoms. The van der Waals surface area contributed by atoms with Crippen molar-refractivity contribution >= 4 is 0 Å². The number of nitrogens with zero attached hydrogens (tertiary/aromatic N) is 1. The molecule has 1 aliphatic heterocycles. The van der Waals surface area contributed by atoms with Gasteiger partial charge in [-0.1, -0.05) is 34.1 Å². The van der Waals surface area contributed by atoms with Crippen LogP contribution in [0.15, 0.2) is 0 Å². The SMILES string of the molecule is CC(C)C[C@@H]1CCN(C2CCC2)C[C@@H]1C(C)C. The fraction of sp³-hybridized carbons (Fsp3) is 1.00. The molecule has 2 fully saturated rings. The van der Waals surface area contributed by atoms with Gasteiger partial charge in [0.25, 0.3) is 0 Å². The summed E-state index contributed by atoms with van der Waals surface area (Å²) in [5.74, 6) is 3.68. The predicted octanol–water partition coefficient (Wildman–Crippen LogP) is 4.18. The van der Waals surface area contributed by atoms with Crippen LogP contribution >= 0.6 is 0 Å². The predicted molar refractivity (Wildman–Crippen MR) is 75.1 cm³/mol. The number of rotatable bonds is 4. The Morgan fingerprint density at radius 2 is 1.76 bits per heavy atom. The number of likely N-dealkylation sites (tertiary alicyclic amines) is 1. The molecule has 17 heavy (non-hydrogen) atoms. The molecule has 0 aromatic heterocycles. The Kier molecular flexibility index (Phi) is 4.52. The molecule has 0 bridgehead atoms. The number of hydrogen-bond donors (Lipinski definition) is 0. The van der Waals surface area contributed by atoms with Gasteiger partial charge in [-0.25, -0.2) is 0 Å². The average Bonchev–Trinajstić information content (AvgIpc) is 2.16. The highest BCUT2D eigenvalue weighted by molar-refractivity contribution is 4.88. The Morgan fingerprint density at radius 3 is 2.24 bits per heavy atom. The van der Waals surface area contributed by atoms with Crippen molar-refractivity contribution in [1.82, 2.24) is 4.90 Å². The van der Waals surface area contributed by atoms with E-state index in [0.29, 0.717) is 0 Å². The lowest BCUT2D eigenvalue weighted by atomic mass is 9.73. The molecule has 0 radical (unpaired) electrons. The van der Waals surface area contributed by atoms with E-state index in [9.17, 15) is 0 Å². The molecule has 100 valence electrons. The minimum Gasteiger partial charge on any atom is -0.300 e. The van der Waals surface area contributed by atoms with E-state index in [-0.39, 0.29) is 0 Å². The number of hydrogen-bond acceptors (Lipinski definition) is 1. The lowest BCUT2D eigenvalue weighted by molar-refractivity contribution is 0.0235. The molecule has 2 aliphatic rings. The Morgan fingerprint density at radius 1 is 1.06 bits per heavy atom. The lowest BCUT2D eigenvalue weighted by Crippen LogP contribution is -2.49. The molecule has 0 N–H and O–H groups in total. The van der Waals surface area contributed by atoms with Gasteiger partial charge in [-0.05, 0) is 55.9 Å². The van der Waals surface area contributed by atoms with E-state index in [4.69, 9.17) is 0 Å². The third-order valence-corrected chi connectivity index (χ3v) is 5.06. The zero-order valence-corrected chi connectivity index (χ0v) is 12.3. The lowest BCUT2D eigenvalue weighted by Gasteiger charge is -2.47. The fourth-order valence-electron chi connectivity index (χ4n) is 3.79. The molecule has 2 rings (SSSR count). The minimum atomic E-state index is 0.863. The quantitative estimate of drug-likeness (QED) is 0.709.